The number of halogens is 2. The van der Waals surface area contributed by atoms with E-state index in [0.717, 1.165) is 14.6 Å². The van der Waals surface area contributed by atoms with Gasteiger partial charge in [0.25, 0.3) is 0 Å². The first-order valence-electron chi connectivity index (χ1n) is 4.60. The summed E-state index contributed by atoms with van der Waals surface area (Å²) in [5.41, 5.74) is 6.95. The van der Waals surface area contributed by atoms with Crippen molar-refractivity contribution < 1.29 is 5.21 Å². The highest BCUT2D eigenvalue weighted by Crippen LogP contribution is 2.21. The van der Waals surface area contributed by atoms with Crippen molar-refractivity contribution >= 4 is 37.7 Å². The van der Waals surface area contributed by atoms with Gasteiger partial charge < -0.3 is 10.9 Å². The summed E-state index contributed by atoms with van der Waals surface area (Å²) in [7, 11) is 0. The smallest absolute Gasteiger partial charge is 0.172 e. The number of nitrogens with zero attached hydrogens (tertiary/aromatic N) is 3. The summed E-state index contributed by atoms with van der Waals surface area (Å²) in [6.07, 6.45) is 3.45. The minimum atomic E-state index is 0.0409. The van der Waals surface area contributed by atoms with Gasteiger partial charge in [-0.2, -0.15) is 5.10 Å². The molecule has 1 aromatic carbocycles. The lowest BCUT2D eigenvalue weighted by Crippen LogP contribution is -2.16. The van der Waals surface area contributed by atoms with E-state index in [0.29, 0.717) is 5.56 Å². The van der Waals surface area contributed by atoms with Gasteiger partial charge in [0, 0.05) is 16.2 Å². The van der Waals surface area contributed by atoms with Crippen LogP contribution in [-0.2, 0) is 0 Å². The first kappa shape index (κ1) is 12.1. The molecule has 3 N–H and O–H groups in total. The van der Waals surface area contributed by atoms with Gasteiger partial charge in [0.1, 0.15) is 0 Å². The lowest BCUT2D eigenvalue weighted by atomic mass is 10.1. The fourth-order valence-electron chi connectivity index (χ4n) is 1.40. The third-order valence-corrected chi connectivity index (χ3v) is 3.04. The molecular weight excluding hydrogens is 352 g/mol. The molecule has 0 aliphatic rings. The molecule has 0 aliphatic heterocycles. The Morgan fingerprint density at radius 2 is 2.12 bits per heavy atom. The first-order valence-corrected chi connectivity index (χ1v) is 6.18. The number of hydrogen-bond acceptors (Lipinski definition) is 3. The highest BCUT2D eigenvalue weighted by atomic mass is 79.9. The van der Waals surface area contributed by atoms with Gasteiger partial charge in [0.05, 0.1) is 16.4 Å². The molecule has 0 radical (unpaired) electrons. The van der Waals surface area contributed by atoms with Crippen molar-refractivity contribution in [2.24, 2.45) is 10.9 Å². The van der Waals surface area contributed by atoms with Gasteiger partial charge in [-0.25, -0.2) is 4.68 Å². The maximum absolute atomic E-state index is 8.75. The minimum absolute atomic E-state index is 0.0409. The molecule has 0 spiro atoms. The van der Waals surface area contributed by atoms with Crippen molar-refractivity contribution in [3.05, 3.63) is 45.1 Å². The predicted octanol–water partition coefficient (Wildman–Crippen LogP) is 2.49. The van der Waals surface area contributed by atoms with Crippen LogP contribution < -0.4 is 5.73 Å². The second-order valence-electron chi connectivity index (χ2n) is 3.25. The van der Waals surface area contributed by atoms with Crippen molar-refractivity contribution in [1.82, 2.24) is 9.78 Å². The Labute approximate surface area is 114 Å². The van der Waals surface area contributed by atoms with E-state index in [1.165, 1.54) is 0 Å². The summed E-state index contributed by atoms with van der Waals surface area (Å²) in [5.74, 6) is 0.0409. The highest BCUT2D eigenvalue weighted by Gasteiger charge is 2.10. The average Bonchev–Trinajstić information content (AvgIpc) is 2.75. The number of nitrogens with two attached hydrogens (primary N) is 1. The molecule has 0 unspecified atom stereocenters. The van der Waals surface area contributed by atoms with Crippen LogP contribution in [0.25, 0.3) is 5.69 Å². The second kappa shape index (κ2) is 4.89. The van der Waals surface area contributed by atoms with E-state index >= 15 is 0 Å². The maximum atomic E-state index is 8.75. The van der Waals surface area contributed by atoms with Gasteiger partial charge in [-0.1, -0.05) is 21.1 Å². The summed E-state index contributed by atoms with van der Waals surface area (Å²) in [5, 5.41) is 15.9. The zero-order valence-corrected chi connectivity index (χ0v) is 11.7. The predicted molar refractivity (Wildman–Crippen MR) is 71.5 cm³/mol. The molecule has 2 aromatic rings. The van der Waals surface area contributed by atoms with Crippen LogP contribution in [0.15, 0.2) is 44.7 Å². The molecule has 17 heavy (non-hydrogen) atoms. The second-order valence-corrected chi connectivity index (χ2v) is 5.08. The van der Waals surface area contributed by atoms with E-state index in [1.54, 1.807) is 23.1 Å². The summed E-state index contributed by atoms with van der Waals surface area (Å²) in [6, 6.07) is 5.41. The fraction of sp³-hybridized carbons (Fsp3) is 0. The lowest BCUT2D eigenvalue weighted by molar-refractivity contribution is 0.318. The monoisotopic (exact) mass is 358 g/mol. The largest absolute Gasteiger partial charge is 0.409 e. The van der Waals surface area contributed by atoms with Gasteiger partial charge in [0.15, 0.2) is 5.84 Å². The van der Waals surface area contributed by atoms with E-state index in [4.69, 9.17) is 10.9 Å². The Balaban J connectivity index is 2.62. The molecule has 1 heterocycles. The molecule has 0 saturated carbocycles. The minimum Gasteiger partial charge on any atom is -0.409 e. The Morgan fingerprint density at radius 3 is 2.71 bits per heavy atom. The van der Waals surface area contributed by atoms with Crippen LogP contribution in [0.5, 0.6) is 0 Å². The molecule has 0 atom stereocenters. The topological polar surface area (TPSA) is 76.4 Å². The van der Waals surface area contributed by atoms with Crippen molar-refractivity contribution in [3.8, 4) is 5.69 Å². The molecule has 5 nitrogen and oxygen atoms in total. The zero-order chi connectivity index (χ0) is 12.4. The van der Waals surface area contributed by atoms with Crippen LogP contribution in [0.1, 0.15) is 5.56 Å². The van der Waals surface area contributed by atoms with E-state index in [-0.39, 0.29) is 5.84 Å². The number of aromatic nitrogens is 2. The Morgan fingerprint density at radius 1 is 1.35 bits per heavy atom. The van der Waals surface area contributed by atoms with Crippen LogP contribution in [0.3, 0.4) is 0 Å². The van der Waals surface area contributed by atoms with Gasteiger partial charge in [-0.15, -0.1) is 0 Å². The summed E-state index contributed by atoms with van der Waals surface area (Å²) >= 11 is 6.70. The molecule has 7 heteroatoms. The summed E-state index contributed by atoms with van der Waals surface area (Å²) < 4.78 is 3.37. The highest BCUT2D eigenvalue weighted by molar-refractivity contribution is 9.10. The van der Waals surface area contributed by atoms with Crippen LogP contribution in [-0.4, -0.2) is 20.8 Å². The molecule has 0 saturated heterocycles. The average molecular weight is 360 g/mol. The molecular formula is C10H8Br2N4O. The van der Waals surface area contributed by atoms with Gasteiger partial charge in [0.2, 0.25) is 0 Å². The SMILES string of the molecule is N/C(=N/O)c1ccc(Br)cc1-n1cc(Br)cn1. The Hall–Kier alpha value is -1.34. The number of rotatable bonds is 2. The standard InChI is InChI=1S/C10H8Br2N4O/c11-6-1-2-8(10(13)15-17)9(3-6)16-5-7(12)4-14-16/h1-5,17H,(H2,13,15). The van der Waals surface area contributed by atoms with E-state index in [1.807, 2.05) is 12.1 Å². The van der Waals surface area contributed by atoms with E-state index < -0.39 is 0 Å². The fourth-order valence-corrected chi connectivity index (χ4v) is 2.03. The Bertz CT molecular complexity index is 579. The zero-order valence-electron chi connectivity index (χ0n) is 8.51. The molecule has 0 aliphatic carbocycles. The molecule has 2 rings (SSSR count). The number of oxime groups is 1. The summed E-state index contributed by atoms with van der Waals surface area (Å²) in [6.45, 7) is 0. The number of amidine groups is 1. The van der Waals surface area contributed by atoms with Gasteiger partial charge in [-0.3, -0.25) is 0 Å². The van der Waals surface area contributed by atoms with Crippen LogP contribution >= 0.6 is 31.9 Å². The Kier molecular flexibility index (Phi) is 3.49. The number of hydrogen-bond donors (Lipinski definition) is 2. The van der Waals surface area contributed by atoms with Gasteiger partial charge in [-0.05, 0) is 34.1 Å². The molecule has 0 amide bonds. The van der Waals surface area contributed by atoms with Crippen molar-refractivity contribution in [2.75, 3.05) is 0 Å². The van der Waals surface area contributed by atoms with Crippen molar-refractivity contribution in [3.63, 3.8) is 0 Å². The number of benzene rings is 1. The van der Waals surface area contributed by atoms with Crippen molar-refractivity contribution in [1.29, 1.82) is 0 Å². The lowest BCUT2D eigenvalue weighted by Gasteiger charge is -2.08. The van der Waals surface area contributed by atoms with E-state index in [2.05, 4.69) is 42.1 Å². The summed E-state index contributed by atoms with van der Waals surface area (Å²) in [4.78, 5) is 0. The molecule has 1 aromatic heterocycles. The first-order chi connectivity index (χ1) is 8.11. The van der Waals surface area contributed by atoms with Crippen LogP contribution in [0.4, 0.5) is 0 Å². The molecule has 0 bridgehead atoms. The quantitative estimate of drug-likeness (QED) is 0.374. The van der Waals surface area contributed by atoms with E-state index in [9.17, 15) is 0 Å². The van der Waals surface area contributed by atoms with Crippen LogP contribution in [0, 0.1) is 0 Å². The molecule has 88 valence electrons. The van der Waals surface area contributed by atoms with Gasteiger partial charge >= 0.3 is 0 Å². The third kappa shape index (κ3) is 2.50. The van der Waals surface area contributed by atoms with Crippen molar-refractivity contribution in [2.45, 2.75) is 0 Å². The maximum Gasteiger partial charge on any atom is 0.172 e. The third-order valence-electron chi connectivity index (χ3n) is 2.14. The normalized spacial score (nSPS) is 11.8. The molecule has 0 fully saturated rings. The van der Waals surface area contributed by atoms with Crippen LogP contribution in [0.2, 0.25) is 0 Å².